The summed E-state index contributed by atoms with van der Waals surface area (Å²) in [4.78, 5) is 40.5. The first kappa shape index (κ1) is 40.3. The summed E-state index contributed by atoms with van der Waals surface area (Å²) in [6.07, 6.45) is 24.4. The second kappa shape index (κ2) is 26.1. The number of alkyl carbamates (subject to hydrolysis) is 1. The van der Waals surface area contributed by atoms with Crippen molar-refractivity contribution in [3.63, 3.8) is 0 Å². The zero-order chi connectivity index (χ0) is 34.0. The Balaban J connectivity index is 1.67. The molecule has 8 heteroatoms. The van der Waals surface area contributed by atoms with Crippen molar-refractivity contribution < 1.29 is 19.1 Å². The first-order valence-electron chi connectivity index (χ1n) is 18.8. The molecule has 0 heterocycles. The van der Waals surface area contributed by atoms with Crippen molar-refractivity contribution in [1.29, 1.82) is 0 Å². The fraction of sp³-hybridized carbons (Fsp3) is 0.718. The Hall–Kier alpha value is -2.87. The van der Waals surface area contributed by atoms with Gasteiger partial charge >= 0.3 is 6.09 Å². The standard InChI is InChI=1S/C39H66N4O4/c1-4-5-6-7-8-9-10-11-12-13-14-15-16-17-18-22-28-40-38(45)36-31-35(42-37(44)33-24-20-19-21-25-33)27-26-34(36)32-47-39(46)41-29-23-30-43(2)3/h19-21,24-25,27,34,36H,4-18,22-23,26,28-32H2,1-3H3,(H,40,45)(H,41,46)(H,42,44). The van der Waals surface area contributed by atoms with Gasteiger partial charge in [-0.1, -0.05) is 128 Å². The molecule has 0 radical (unpaired) electrons. The quantitative estimate of drug-likeness (QED) is 0.0872. The van der Waals surface area contributed by atoms with Crippen LogP contribution in [0.25, 0.3) is 0 Å². The maximum atomic E-state index is 13.4. The predicted octanol–water partition coefficient (Wildman–Crippen LogP) is 8.38. The largest absolute Gasteiger partial charge is 0.449 e. The molecule has 2 unspecified atom stereocenters. The lowest BCUT2D eigenvalue weighted by molar-refractivity contribution is -0.127. The van der Waals surface area contributed by atoms with Gasteiger partial charge in [0.2, 0.25) is 5.91 Å². The Morgan fingerprint density at radius 1 is 0.745 bits per heavy atom. The number of ether oxygens (including phenoxy) is 1. The van der Waals surface area contributed by atoms with Gasteiger partial charge in [0.05, 0.1) is 6.61 Å². The molecular formula is C39H66N4O4. The molecule has 0 fully saturated rings. The molecule has 1 aliphatic rings. The van der Waals surface area contributed by atoms with E-state index in [1.807, 2.05) is 38.4 Å². The van der Waals surface area contributed by atoms with E-state index in [0.29, 0.717) is 31.5 Å². The van der Waals surface area contributed by atoms with Crippen LogP contribution in [0.3, 0.4) is 0 Å². The molecule has 2 rings (SSSR count). The van der Waals surface area contributed by atoms with Crippen LogP contribution < -0.4 is 16.0 Å². The Kier molecular flexibility index (Phi) is 22.4. The van der Waals surface area contributed by atoms with Crippen molar-refractivity contribution in [3.05, 3.63) is 47.7 Å². The molecule has 0 bridgehead atoms. The van der Waals surface area contributed by atoms with E-state index in [0.717, 1.165) is 31.5 Å². The highest BCUT2D eigenvalue weighted by atomic mass is 16.5. The summed E-state index contributed by atoms with van der Waals surface area (Å²) in [5, 5.41) is 8.93. The molecule has 266 valence electrons. The summed E-state index contributed by atoms with van der Waals surface area (Å²) in [6, 6.07) is 9.08. The van der Waals surface area contributed by atoms with E-state index in [1.165, 1.54) is 89.9 Å². The van der Waals surface area contributed by atoms with Crippen LogP contribution in [0.15, 0.2) is 42.1 Å². The number of benzene rings is 1. The lowest BCUT2D eigenvalue weighted by Gasteiger charge is -2.30. The molecule has 0 saturated heterocycles. The van der Waals surface area contributed by atoms with Gasteiger partial charge in [0.15, 0.2) is 0 Å². The number of hydrogen-bond acceptors (Lipinski definition) is 5. The van der Waals surface area contributed by atoms with Crippen molar-refractivity contribution in [2.24, 2.45) is 11.8 Å². The highest BCUT2D eigenvalue weighted by Crippen LogP contribution is 2.30. The molecule has 1 aromatic carbocycles. The highest BCUT2D eigenvalue weighted by Gasteiger charge is 2.33. The van der Waals surface area contributed by atoms with Crippen molar-refractivity contribution in [3.8, 4) is 0 Å². The number of amides is 3. The average molecular weight is 655 g/mol. The fourth-order valence-corrected chi connectivity index (χ4v) is 6.18. The maximum absolute atomic E-state index is 13.4. The molecule has 3 N–H and O–H groups in total. The predicted molar refractivity (Wildman–Crippen MR) is 193 cm³/mol. The summed E-state index contributed by atoms with van der Waals surface area (Å²) < 4.78 is 5.53. The van der Waals surface area contributed by atoms with E-state index >= 15 is 0 Å². The van der Waals surface area contributed by atoms with Crippen LogP contribution in [0.2, 0.25) is 0 Å². The van der Waals surface area contributed by atoms with Gasteiger partial charge in [0.25, 0.3) is 5.91 Å². The number of carbonyl (C=O) groups is 3. The molecule has 0 spiro atoms. The molecule has 47 heavy (non-hydrogen) atoms. The maximum Gasteiger partial charge on any atom is 0.407 e. The van der Waals surface area contributed by atoms with Crippen LogP contribution in [0.5, 0.6) is 0 Å². The third-order valence-electron chi connectivity index (χ3n) is 9.13. The van der Waals surface area contributed by atoms with Crippen LogP contribution in [-0.2, 0) is 9.53 Å². The van der Waals surface area contributed by atoms with Crippen LogP contribution in [0.1, 0.15) is 139 Å². The SMILES string of the molecule is CCCCCCCCCCCCCCCCCCNC(=O)C1CC(NC(=O)c2ccccc2)=CCC1COC(=O)NCCCN(C)C. The Labute approximate surface area is 286 Å². The normalized spacial score (nSPS) is 16.0. The molecular weight excluding hydrogens is 588 g/mol. The Morgan fingerprint density at radius 3 is 1.87 bits per heavy atom. The third-order valence-corrected chi connectivity index (χ3v) is 9.13. The molecule has 1 aromatic rings. The summed E-state index contributed by atoms with van der Waals surface area (Å²) >= 11 is 0. The van der Waals surface area contributed by atoms with E-state index in [-0.39, 0.29) is 30.3 Å². The van der Waals surface area contributed by atoms with E-state index in [4.69, 9.17) is 4.74 Å². The van der Waals surface area contributed by atoms with E-state index in [9.17, 15) is 14.4 Å². The van der Waals surface area contributed by atoms with Crippen LogP contribution in [-0.4, -0.2) is 63.1 Å². The van der Waals surface area contributed by atoms with Crippen molar-refractivity contribution >= 4 is 17.9 Å². The summed E-state index contributed by atoms with van der Waals surface area (Å²) in [7, 11) is 3.99. The van der Waals surface area contributed by atoms with Crippen LogP contribution in [0, 0.1) is 11.8 Å². The lowest BCUT2D eigenvalue weighted by atomic mass is 9.81. The number of allylic oxidation sites excluding steroid dienone is 2. The van der Waals surface area contributed by atoms with Gasteiger partial charge in [-0.05, 0) is 58.5 Å². The first-order valence-corrected chi connectivity index (χ1v) is 18.8. The smallest absolute Gasteiger partial charge is 0.407 e. The minimum absolute atomic E-state index is 0.0366. The van der Waals surface area contributed by atoms with Crippen LogP contribution in [0.4, 0.5) is 4.79 Å². The first-order chi connectivity index (χ1) is 22.9. The Morgan fingerprint density at radius 2 is 1.30 bits per heavy atom. The second-order valence-electron chi connectivity index (χ2n) is 13.6. The summed E-state index contributed by atoms with van der Waals surface area (Å²) in [6.45, 7) is 4.50. The highest BCUT2D eigenvalue weighted by molar-refractivity contribution is 5.95. The lowest BCUT2D eigenvalue weighted by Crippen LogP contribution is -2.41. The molecule has 0 aromatic heterocycles. The number of rotatable bonds is 26. The van der Waals surface area contributed by atoms with Crippen LogP contribution >= 0.6 is 0 Å². The molecule has 2 atom stereocenters. The number of hydrogen-bond donors (Lipinski definition) is 3. The topological polar surface area (TPSA) is 99.8 Å². The number of nitrogens with zero attached hydrogens (tertiary/aromatic N) is 1. The van der Waals surface area contributed by atoms with Crippen molar-refractivity contribution in [1.82, 2.24) is 20.9 Å². The monoisotopic (exact) mass is 655 g/mol. The molecule has 0 saturated carbocycles. The van der Waals surface area contributed by atoms with Gasteiger partial charge in [0.1, 0.15) is 0 Å². The summed E-state index contributed by atoms with van der Waals surface area (Å²) in [5.41, 5.74) is 1.32. The summed E-state index contributed by atoms with van der Waals surface area (Å²) in [5.74, 6) is -0.749. The third kappa shape index (κ3) is 19.5. The molecule has 3 amide bonds. The number of carbonyl (C=O) groups excluding carboxylic acids is 3. The minimum Gasteiger partial charge on any atom is -0.449 e. The second-order valence-corrected chi connectivity index (χ2v) is 13.6. The molecule has 0 aliphatic heterocycles. The zero-order valence-electron chi connectivity index (χ0n) is 30.0. The fourth-order valence-electron chi connectivity index (χ4n) is 6.18. The van der Waals surface area contributed by atoms with E-state index < -0.39 is 6.09 Å². The van der Waals surface area contributed by atoms with Gasteiger partial charge in [-0.2, -0.15) is 0 Å². The molecule has 8 nitrogen and oxygen atoms in total. The average Bonchev–Trinajstić information content (AvgIpc) is 3.07. The molecule has 1 aliphatic carbocycles. The Bertz CT molecular complexity index is 1010. The minimum atomic E-state index is -0.455. The van der Waals surface area contributed by atoms with Gasteiger partial charge in [-0.25, -0.2) is 4.79 Å². The number of nitrogens with one attached hydrogen (secondary N) is 3. The number of unbranched alkanes of at least 4 members (excludes halogenated alkanes) is 15. The van der Waals surface area contributed by atoms with Gasteiger partial charge in [-0.3, -0.25) is 9.59 Å². The van der Waals surface area contributed by atoms with Gasteiger partial charge < -0.3 is 25.6 Å². The van der Waals surface area contributed by atoms with Gasteiger partial charge in [-0.15, -0.1) is 0 Å². The van der Waals surface area contributed by atoms with Gasteiger partial charge in [0, 0.05) is 36.2 Å². The van der Waals surface area contributed by atoms with Crippen molar-refractivity contribution in [2.45, 2.75) is 129 Å². The van der Waals surface area contributed by atoms with Crippen molar-refractivity contribution in [2.75, 3.05) is 40.3 Å². The zero-order valence-corrected chi connectivity index (χ0v) is 30.0. The van der Waals surface area contributed by atoms with E-state index in [2.05, 4.69) is 27.8 Å². The van der Waals surface area contributed by atoms with E-state index in [1.54, 1.807) is 12.1 Å².